The number of rotatable bonds is 6. The number of carbonyl (C=O) groups excluding carboxylic acids is 1. The molecule has 0 spiro atoms. The summed E-state index contributed by atoms with van der Waals surface area (Å²) in [6, 6.07) is 18.7. The van der Waals surface area contributed by atoms with Crippen molar-refractivity contribution in [2.75, 3.05) is 0 Å². The largest absolute Gasteiger partial charge is 0.489 e. The molecule has 7 heteroatoms. The number of hydrogen-bond acceptors (Lipinski definition) is 5. The third kappa shape index (κ3) is 4.94. The number of esters is 1. The molecule has 0 aromatic heterocycles. The Morgan fingerprint density at radius 1 is 0.963 bits per heavy atom. The van der Waals surface area contributed by atoms with Gasteiger partial charge in [0, 0.05) is 8.92 Å². The first kappa shape index (κ1) is 18.6. The van der Waals surface area contributed by atoms with Gasteiger partial charge in [-0.25, -0.2) is 9.18 Å². The lowest BCUT2D eigenvalue weighted by Crippen LogP contribution is -2.35. The molecule has 0 bridgehead atoms. The highest BCUT2D eigenvalue weighted by atomic mass is 19.1. The Balaban J connectivity index is 0.00000210. The first-order chi connectivity index (χ1) is 13.0. The third-order valence-electron chi connectivity index (χ3n) is 3.77. The van der Waals surface area contributed by atoms with Gasteiger partial charge in [0.15, 0.2) is 0 Å². The van der Waals surface area contributed by atoms with E-state index in [2.05, 4.69) is 0 Å². The minimum atomic E-state index is -1.85. The molecule has 0 aliphatic rings. The van der Waals surface area contributed by atoms with Crippen LogP contribution in [0.3, 0.4) is 0 Å². The molecular weight excluding hydrogens is 350 g/mol. The summed E-state index contributed by atoms with van der Waals surface area (Å²) in [6.45, 7) is 0.0373. The van der Waals surface area contributed by atoms with Gasteiger partial charge >= 0.3 is 13.1 Å². The van der Waals surface area contributed by atoms with E-state index in [0.717, 1.165) is 5.56 Å². The lowest BCUT2D eigenvalue weighted by atomic mass is 9.77. The van der Waals surface area contributed by atoms with E-state index < -0.39 is 18.9 Å². The fourth-order valence-corrected chi connectivity index (χ4v) is 2.47. The molecule has 0 atom stereocenters. The smallest absolute Gasteiger partial charge is 0.457 e. The van der Waals surface area contributed by atoms with Crippen molar-refractivity contribution in [3.05, 3.63) is 89.7 Å². The van der Waals surface area contributed by atoms with Gasteiger partial charge in [0.25, 0.3) is 0 Å². The Morgan fingerprint density at radius 3 is 2.41 bits per heavy atom. The highest BCUT2D eigenvalue weighted by Gasteiger charge is 2.22. The molecule has 3 rings (SSSR count). The summed E-state index contributed by atoms with van der Waals surface area (Å²) in [5, 5.41) is 19.0. The van der Waals surface area contributed by atoms with Crippen LogP contribution in [0.2, 0.25) is 0 Å². The van der Waals surface area contributed by atoms with Crippen LogP contribution < -0.4 is 10.2 Å². The maximum absolute atomic E-state index is 13.3. The van der Waals surface area contributed by atoms with Crippen molar-refractivity contribution in [1.29, 1.82) is 0 Å². The SMILES string of the molecule is O=C(OCc1ccccc1)c1cc(Oc2cccc(F)c2)ccc1B(O)O.[HH].[HH]. The summed E-state index contributed by atoms with van der Waals surface area (Å²) in [5.74, 6) is -0.711. The summed E-state index contributed by atoms with van der Waals surface area (Å²) >= 11 is 0. The molecule has 0 aliphatic heterocycles. The van der Waals surface area contributed by atoms with Crippen molar-refractivity contribution in [2.45, 2.75) is 6.61 Å². The summed E-state index contributed by atoms with van der Waals surface area (Å²) in [7, 11) is -1.85. The van der Waals surface area contributed by atoms with E-state index in [1.807, 2.05) is 18.2 Å². The van der Waals surface area contributed by atoms with Crippen LogP contribution in [0.15, 0.2) is 72.8 Å². The number of halogens is 1. The minimum absolute atomic E-state index is 0. The third-order valence-corrected chi connectivity index (χ3v) is 3.77. The lowest BCUT2D eigenvalue weighted by Gasteiger charge is -2.12. The van der Waals surface area contributed by atoms with Crippen LogP contribution in [0, 0.1) is 5.82 Å². The molecule has 0 amide bonds. The second-order valence-electron chi connectivity index (χ2n) is 5.74. The van der Waals surface area contributed by atoms with Crippen LogP contribution in [-0.4, -0.2) is 23.1 Å². The van der Waals surface area contributed by atoms with Crippen molar-refractivity contribution >= 4 is 18.6 Å². The highest BCUT2D eigenvalue weighted by Crippen LogP contribution is 2.23. The van der Waals surface area contributed by atoms with Gasteiger partial charge in [-0.3, -0.25) is 0 Å². The molecule has 5 nitrogen and oxygen atoms in total. The quantitative estimate of drug-likeness (QED) is 0.515. The van der Waals surface area contributed by atoms with Gasteiger partial charge < -0.3 is 19.5 Å². The molecule has 0 aliphatic carbocycles. The highest BCUT2D eigenvalue weighted by molar-refractivity contribution is 6.60. The minimum Gasteiger partial charge on any atom is -0.457 e. The molecule has 3 aromatic carbocycles. The molecule has 0 fully saturated rings. The number of ether oxygens (including phenoxy) is 2. The number of hydrogen-bond donors (Lipinski definition) is 2. The Bertz CT molecular complexity index is 941. The van der Waals surface area contributed by atoms with Crippen LogP contribution in [0.4, 0.5) is 4.39 Å². The van der Waals surface area contributed by atoms with E-state index in [1.54, 1.807) is 18.2 Å². The van der Waals surface area contributed by atoms with E-state index in [9.17, 15) is 19.2 Å². The standard InChI is InChI=1S/C20H16BFO5.2H2/c22-15-7-4-8-16(11-15)27-17-9-10-19(21(24)25)18(12-17)20(23)26-13-14-5-2-1-3-6-14;;/h1-12,24-25H,13H2;2*1H. The van der Waals surface area contributed by atoms with E-state index in [4.69, 9.17) is 9.47 Å². The summed E-state index contributed by atoms with van der Waals surface area (Å²) in [5.41, 5.74) is 0.735. The van der Waals surface area contributed by atoms with Crippen molar-refractivity contribution in [3.63, 3.8) is 0 Å². The molecule has 0 unspecified atom stereocenters. The van der Waals surface area contributed by atoms with Gasteiger partial charge in [-0.1, -0.05) is 42.5 Å². The average Bonchev–Trinajstić information content (AvgIpc) is 2.66. The first-order valence-electron chi connectivity index (χ1n) is 8.17. The van der Waals surface area contributed by atoms with E-state index in [1.165, 1.54) is 36.4 Å². The van der Waals surface area contributed by atoms with Crippen molar-refractivity contribution in [3.8, 4) is 11.5 Å². The molecular formula is C20H20BFO5. The van der Waals surface area contributed by atoms with Crippen LogP contribution in [0.25, 0.3) is 0 Å². The maximum atomic E-state index is 13.3. The fourth-order valence-electron chi connectivity index (χ4n) is 2.47. The molecule has 3 aromatic rings. The fraction of sp³-hybridized carbons (Fsp3) is 0.0500. The monoisotopic (exact) mass is 370 g/mol. The van der Waals surface area contributed by atoms with Gasteiger partial charge in [-0.05, 0) is 35.3 Å². The second kappa shape index (κ2) is 8.48. The van der Waals surface area contributed by atoms with Crippen LogP contribution in [0.5, 0.6) is 11.5 Å². The molecule has 2 N–H and O–H groups in total. The Kier molecular flexibility index (Phi) is 5.85. The van der Waals surface area contributed by atoms with Gasteiger partial charge in [-0.15, -0.1) is 0 Å². The van der Waals surface area contributed by atoms with Crippen molar-refractivity contribution in [2.24, 2.45) is 0 Å². The van der Waals surface area contributed by atoms with E-state index in [-0.39, 0.29) is 32.0 Å². The van der Waals surface area contributed by atoms with Crippen LogP contribution in [0.1, 0.15) is 18.8 Å². The van der Waals surface area contributed by atoms with E-state index >= 15 is 0 Å². The molecule has 0 saturated heterocycles. The number of benzene rings is 3. The Morgan fingerprint density at radius 2 is 1.70 bits per heavy atom. The van der Waals surface area contributed by atoms with Gasteiger partial charge in [0.05, 0.1) is 5.56 Å². The van der Waals surface area contributed by atoms with Crippen LogP contribution in [-0.2, 0) is 11.3 Å². The van der Waals surface area contributed by atoms with Crippen molar-refractivity contribution < 1.29 is 31.6 Å². The predicted octanol–water partition coefficient (Wildman–Crippen LogP) is 3.15. The second-order valence-corrected chi connectivity index (χ2v) is 5.74. The first-order valence-corrected chi connectivity index (χ1v) is 8.17. The number of carbonyl (C=O) groups is 1. The summed E-state index contributed by atoms with van der Waals surface area (Å²) < 4.78 is 24.1. The predicted molar refractivity (Wildman–Crippen MR) is 103 cm³/mol. The zero-order valence-electron chi connectivity index (χ0n) is 14.2. The van der Waals surface area contributed by atoms with Gasteiger partial charge in [0.2, 0.25) is 0 Å². The topological polar surface area (TPSA) is 76.0 Å². The molecule has 140 valence electrons. The van der Waals surface area contributed by atoms with Gasteiger partial charge in [-0.2, -0.15) is 0 Å². The Hall–Kier alpha value is -3.16. The molecule has 27 heavy (non-hydrogen) atoms. The zero-order valence-corrected chi connectivity index (χ0v) is 14.2. The summed E-state index contributed by atoms with van der Waals surface area (Å²) in [4.78, 5) is 12.4. The van der Waals surface area contributed by atoms with Gasteiger partial charge in [0.1, 0.15) is 23.9 Å². The van der Waals surface area contributed by atoms with Crippen molar-refractivity contribution in [1.82, 2.24) is 0 Å². The van der Waals surface area contributed by atoms with Crippen LogP contribution >= 0.6 is 0 Å². The average molecular weight is 370 g/mol. The summed E-state index contributed by atoms with van der Waals surface area (Å²) in [6.07, 6.45) is 0. The normalized spacial score (nSPS) is 10.3. The zero-order chi connectivity index (χ0) is 19.2. The molecule has 0 heterocycles. The molecule has 0 radical (unpaired) electrons. The maximum Gasteiger partial charge on any atom is 0.489 e. The molecule has 0 saturated carbocycles. The Labute approximate surface area is 158 Å². The lowest BCUT2D eigenvalue weighted by molar-refractivity contribution is 0.0473. The van der Waals surface area contributed by atoms with E-state index in [0.29, 0.717) is 0 Å².